The average Bonchev–Trinajstić information content (AvgIpc) is 3.28. The number of para-hydroxylation sites is 1. The molecule has 19 heavy (non-hydrogen) atoms. The monoisotopic (exact) mass is 275 g/mol. The van der Waals surface area contributed by atoms with E-state index in [4.69, 9.17) is 11.6 Å². The summed E-state index contributed by atoms with van der Waals surface area (Å²) in [6.07, 6.45) is 5.55. The van der Waals surface area contributed by atoms with E-state index in [1.807, 2.05) is 12.1 Å². The lowest BCUT2D eigenvalue weighted by molar-refractivity contribution is 0.0954. The zero-order valence-corrected chi connectivity index (χ0v) is 11.1. The summed E-state index contributed by atoms with van der Waals surface area (Å²) in [5, 5.41) is 2.91. The number of rotatable bonds is 4. The van der Waals surface area contributed by atoms with Crippen LogP contribution in [0, 0.1) is 5.92 Å². The van der Waals surface area contributed by atoms with E-state index in [1.165, 1.54) is 12.8 Å². The van der Waals surface area contributed by atoms with Crippen molar-refractivity contribution < 1.29 is 4.79 Å². The van der Waals surface area contributed by atoms with Gasteiger partial charge in [-0.1, -0.05) is 6.07 Å². The second-order valence-corrected chi connectivity index (χ2v) is 5.35. The van der Waals surface area contributed by atoms with Gasteiger partial charge in [0.25, 0.3) is 5.91 Å². The Balaban J connectivity index is 1.77. The zero-order chi connectivity index (χ0) is 13.2. The fourth-order valence-corrected chi connectivity index (χ4v) is 2.42. The average molecular weight is 276 g/mol. The molecule has 1 amide bonds. The minimum Gasteiger partial charge on any atom is -0.350 e. The van der Waals surface area contributed by atoms with E-state index < -0.39 is 0 Å². The van der Waals surface area contributed by atoms with Crippen LogP contribution in [-0.2, 0) is 0 Å². The lowest BCUT2D eigenvalue weighted by Crippen LogP contribution is -2.30. The van der Waals surface area contributed by atoms with Gasteiger partial charge < -0.3 is 5.32 Å². The second kappa shape index (κ2) is 5.13. The molecular formula is C14H14ClN3O. The van der Waals surface area contributed by atoms with Gasteiger partial charge in [-0.3, -0.25) is 14.8 Å². The summed E-state index contributed by atoms with van der Waals surface area (Å²) in [5.74, 6) is 0.423. The molecule has 1 unspecified atom stereocenters. The van der Waals surface area contributed by atoms with Gasteiger partial charge in [0, 0.05) is 18.9 Å². The van der Waals surface area contributed by atoms with Crippen molar-refractivity contribution in [2.24, 2.45) is 5.92 Å². The summed E-state index contributed by atoms with van der Waals surface area (Å²) in [7, 11) is 0. The molecule has 0 saturated heterocycles. The number of alkyl halides is 1. The third-order valence-electron chi connectivity index (χ3n) is 3.33. The third kappa shape index (κ3) is 2.68. The molecular weight excluding hydrogens is 262 g/mol. The van der Waals surface area contributed by atoms with E-state index in [2.05, 4.69) is 15.3 Å². The van der Waals surface area contributed by atoms with Crippen molar-refractivity contribution in [1.29, 1.82) is 0 Å². The van der Waals surface area contributed by atoms with Crippen LogP contribution in [0.2, 0.25) is 0 Å². The molecule has 1 aromatic carbocycles. The first kappa shape index (κ1) is 12.4. The Kier molecular flexibility index (Phi) is 3.34. The summed E-state index contributed by atoms with van der Waals surface area (Å²) >= 11 is 6.19. The molecule has 2 aromatic rings. The number of fused-ring (bicyclic) bond motifs is 1. The third-order valence-corrected chi connectivity index (χ3v) is 3.85. The summed E-state index contributed by atoms with van der Waals surface area (Å²) in [6, 6.07) is 5.41. The van der Waals surface area contributed by atoms with Gasteiger partial charge in [-0.2, -0.15) is 0 Å². The van der Waals surface area contributed by atoms with Crippen LogP contribution in [0.4, 0.5) is 0 Å². The molecule has 98 valence electrons. The highest BCUT2D eigenvalue weighted by Gasteiger charge is 2.29. The Morgan fingerprint density at radius 3 is 2.95 bits per heavy atom. The van der Waals surface area contributed by atoms with Gasteiger partial charge in [0.2, 0.25) is 0 Å². The number of carbonyl (C=O) groups excluding carboxylic acids is 1. The maximum absolute atomic E-state index is 12.2. The van der Waals surface area contributed by atoms with Crippen molar-refractivity contribution in [3.05, 3.63) is 36.2 Å². The number of benzene rings is 1. The smallest absolute Gasteiger partial charge is 0.253 e. The first-order valence-corrected chi connectivity index (χ1v) is 6.81. The highest BCUT2D eigenvalue weighted by atomic mass is 35.5. The van der Waals surface area contributed by atoms with Gasteiger partial charge in [-0.05, 0) is 30.9 Å². The van der Waals surface area contributed by atoms with Crippen molar-refractivity contribution in [2.75, 3.05) is 6.54 Å². The number of hydrogen-bond donors (Lipinski definition) is 1. The van der Waals surface area contributed by atoms with Crippen molar-refractivity contribution in [3.8, 4) is 0 Å². The van der Waals surface area contributed by atoms with E-state index in [-0.39, 0.29) is 11.3 Å². The number of aromatic nitrogens is 2. The van der Waals surface area contributed by atoms with Crippen molar-refractivity contribution >= 4 is 28.5 Å². The van der Waals surface area contributed by atoms with Crippen LogP contribution in [0.1, 0.15) is 23.2 Å². The molecule has 5 heteroatoms. The van der Waals surface area contributed by atoms with Crippen LogP contribution < -0.4 is 5.32 Å². The van der Waals surface area contributed by atoms with Crippen LogP contribution in [-0.4, -0.2) is 27.8 Å². The Bertz CT molecular complexity index is 607. The molecule has 1 aliphatic carbocycles. The first-order chi connectivity index (χ1) is 9.25. The highest BCUT2D eigenvalue weighted by molar-refractivity contribution is 6.21. The zero-order valence-electron chi connectivity index (χ0n) is 10.3. The molecule has 0 aliphatic heterocycles. The number of nitrogens with one attached hydrogen (secondary N) is 1. The highest BCUT2D eigenvalue weighted by Crippen LogP contribution is 2.35. The summed E-state index contributed by atoms with van der Waals surface area (Å²) in [5.41, 5.74) is 1.89. The molecule has 3 rings (SSSR count). The minimum absolute atomic E-state index is 0.0324. The molecule has 4 nitrogen and oxygen atoms in total. The van der Waals surface area contributed by atoms with Gasteiger partial charge in [-0.15, -0.1) is 11.6 Å². The number of carbonyl (C=O) groups is 1. The Hall–Kier alpha value is -1.68. The van der Waals surface area contributed by atoms with Gasteiger partial charge in [0.1, 0.15) is 5.52 Å². The van der Waals surface area contributed by atoms with Crippen LogP contribution in [0.15, 0.2) is 30.6 Å². The van der Waals surface area contributed by atoms with Gasteiger partial charge in [0.05, 0.1) is 16.5 Å². The summed E-state index contributed by atoms with van der Waals surface area (Å²) in [4.78, 5) is 20.6. The number of nitrogens with zero attached hydrogens (tertiary/aromatic N) is 2. The molecule has 1 N–H and O–H groups in total. The molecule has 0 spiro atoms. The lowest BCUT2D eigenvalue weighted by Gasteiger charge is -2.10. The standard InChI is InChI=1S/C14H14ClN3O/c15-11(9-4-5-9)8-18-14(19)10-2-1-3-12-13(10)17-7-6-16-12/h1-3,6-7,9,11H,4-5,8H2,(H,18,19). The second-order valence-electron chi connectivity index (χ2n) is 4.79. The van der Waals surface area contributed by atoms with Gasteiger partial charge in [-0.25, -0.2) is 0 Å². The van der Waals surface area contributed by atoms with E-state index in [9.17, 15) is 4.79 Å². The molecule has 0 bridgehead atoms. The SMILES string of the molecule is O=C(NCC(Cl)C1CC1)c1cccc2nccnc12. The predicted octanol–water partition coefficient (Wildman–Crippen LogP) is 2.38. The van der Waals surface area contributed by atoms with Crippen molar-refractivity contribution in [2.45, 2.75) is 18.2 Å². The molecule has 1 saturated carbocycles. The van der Waals surface area contributed by atoms with E-state index in [0.29, 0.717) is 23.5 Å². The normalized spacial score (nSPS) is 16.3. The number of hydrogen-bond acceptors (Lipinski definition) is 3. The topological polar surface area (TPSA) is 54.9 Å². The van der Waals surface area contributed by atoms with Crippen molar-refractivity contribution in [1.82, 2.24) is 15.3 Å². The van der Waals surface area contributed by atoms with Crippen LogP contribution >= 0.6 is 11.6 Å². The molecule has 1 aromatic heterocycles. The van der Waals surface area contributed by atoms with Gasteiger partial charge in [0.15, 0.2) is 0 Å². The maximum atomic E-state index is 12.2. The molecule has 1 fully saturated rings. The maximum Gasteiger partial charge on any atom is 0.253 e. The number of amides is 1. The molecule has 1 atom stereocenters. The Labute approximate surface area is 116 Å². The number of halogens is 1. The Morgan fingerprint density at radius 2 is 2.16 bits per heavy atom. The lowest BCUT2D eigenvalue weighted by atomic mass is 10.1. The quantitative estimate of drug-likeness (QED) is 0.872. The Morgan fingerprint density at radius 1 is 1.37 bits per heavy atom. The van der Waals surface area contributed by atoms with E-state index in [1.54, 1.807) is 18.5 Å². The van der Waals surface area contributed by atoms with E-state index >= 15 is 0 Å². The summed E-state index contributed by atoms with van der Waals surface area (Å²) < 4.78 is 0. The first-order valence-electron chi connectivity index (χ1n) is 6.37. The largest absolute Gasteiger partial charge is 0.350 e. The molecule has 1 heterocycles. The predicted molar refractivity (Wildman–Crippen MR) is 74.2 cm³/mol. The van der Waals surface area contributed by atoms with Gasteiger partial charge >= 0.3 is 0 Å². The summed E-state index contributed by atoms with van der Waals surface area (Å²) in [6.45, 7) is 0.502. The fraction of sp³-hybridized carbons (Fsp3) is 0.357. The fourth-order valence-electron chi connectivity index (χ4n) is 2.09. The molecule has 1 aliphatic rings. The van der Waals surface area contributed by atoms with Crippen molar-refractivity contribution in [3.63, 3.8) is 0 Å². The van der Waals surface area contributed by atoms with Crippen LogP contribution in [0.5, 0.6) is 0 Å². The van der Waals surface area contributed by atoms with Crippen LogP contribution in [0.25, 0.3) is 11.0 Å². The molecule has 0 radical (unpaired) electrons. The van der Waals surface area contributed by atoms with Crippen LogP contribution in [0.3, 0.4) is 0 Å². The van der Waals surface area contributed by atoms with E-state index in [0.717, 1.165) is 5.52 Å². The minimum atomic E-state index is -0.141.